The lowest BCUT2D eigenvalue weighted by molar-refractivity contribution is 0.111. The summed E-state index contributed by atoms with van der Waals surface area (Å²) in [6, 6.07) is 0. The fraction of sp³-hybridized carbons (Fsp3) is 0.250. The van der Waals surface area contributed by atoms with Crippen LogP contribution in [0.2, 0.25) is 0 Å². The summed E-state index contributed by atoms with van der Waals surface area (Å²) >= 11 is 0. The molecule has 0 aromatic carbocycles. The highest BCUT2D eigenvalue weighted by atomic mass is 31.3. The third-order valence-corrected chi connectivity index (χ3v) is 5.21. The lowest BCUT2D eigenvalue weighted by Gasteiger charge is -2.04. The number of aliphatic hydroxyl groups is 2. The number of phosphoric acid groups is 2. The number of carbonyl (C=O) groups is 2. The van der Waals surface area contributed by atoms with E-state index in [9.17, 15) is 28.9 Å². The average molecular weight is 512 g/mol. The second-order valence-corrected chi connectivity index (χ2v) is 8.49. The largest absolute Gasteiger partial charge is 0.505 e. The molecule has 0 bridgehead atoms. The SMILES string of the molecule is Cc1ncc(CO)c(C=O)c1O.Cc1ncc(CO)c(C=O)c1O.O=P(O)(O)OP(=O)(O)O. The number of carbonyl (C=O) groups excluding carboxylic acids is 2. The van der Waals surface area contributed by atoms with Gasteiger partial charge < -0.3 is 40.0 Å². The van der Waals surface area contributed by atoms with Crippen molar-refractivity contribution >= 4 is 28.2 Å². The normalized spacial score (nSPS) is 10.9. The fourth-order valence-corrected chi connectivity index (χ4v) is 3.07. The Morgan fingerprint density at radius 2 is 1.09 bits per heavy atom. The number of aldehydes is 2. The Bertz CT molecular complexity index is 981. The zero-order valence-electron chi connectivity index (χ0n) is 17.1. The van der Waals surface area contributed by atoms with Gasteiger partial charge in [0.1, 0.15) is 11.5 Å². The first-order valence-electron chi connectivity index (χ1n) is 8.41. The van der Waals surface area contributed by atoms with Gasteiger partial charge in [-0.3, -0.25) is 19.6 Å². The molecule has 0 atom stereocenters. The third kappa shape index (κ3) is 10.7. The molecule has 0 unspecified atom stereocenters. The highest BCUT2D eigenvalue weighted by molar-refractivity contribution is 7.60. The van der Waals surface area contributed by atoms with E-state index in [4.69, 9.17) is 29.8 Å². The van der Waals surface area contributed by atoms with E-state index in [2.05, 4.69) is 14.3 Å². The van der Waals surface area contributed by atoms with Crippen molar-refractivity contribution in [3.8, 4) is 11.5 Å². The summed E-state index contributed by atoms with van der Waals surface area (Å²) < 4.78 is 22.2. The molecule has 15 nitrogen and oxygen atoms in total. The molecular weight excluding hydrogens is 490 g/mol. The average Bonchev–Trinajstić information content (AvgIpc) is 2.70. The number of aliphatic hydroxyl groups excluding tert-OH is 2. The maximum absolute atomic E-state index is 10.5. The van der Waals surface area contributed by atoms with Gasteiger partial charge in [-0.1, -0.05) is 0 Å². The third-order valence-electron chi connectivity index (χ3n) is 3.50. The van der Waals surface area contributed by atoms with Gasteiger partial charge in [-0.25, -0.2) is 9.13 Å². The number of hydrogen-bond acceptors (Lipinski definition) is 11. The molecule has 0 saturated carbocycles. The topological polar surface area (TPSA) is 265 Å². The Kier molecular flexibility index (Phi) is 12.2. The minimum atomic E-state index is -5.05. The maximum Gasteiger partial charge on any atom is 0.478 e. The van der Waals surface area contributed by atoms with Crippen LogP contribution in [0.4, 0.5) is 0 Å². The van der Waals surface area contributed by atoms with Gasteiger partial charge in [0.25, 0.3) is 0 Å². The maximum atomic E-state index is 10.5. The van der Waals surface area contributed by atoms with E-state index >= 15 is 0 Å². The summed E-state index contributed by atoms with van der Waals surface area (Å²) in [4.78, 5) is 59.5. The molecule has 0 saturated heterocycles. The molecule has 0 spiro atoms. The van der Waals surface area contributed by atoms with E-state index < -0.39 is 15.6 Å². The summed E-state index contributed by atoms with van der Waals surface area (Å²) in [7, 11) is -10.1. The van der Waals surface area contributed by atoms with Crippen LogP contribution in [0.5, 0.6) is 11.5 Å². The first-order chi connectivity index (χ1) is 15.1. The number of hydrogen-bond donors (Lipinski definition) is 8. The van der Waals surface area contributed by atoms with Crippen molar-refractivity contribution in [1.82, 2.24) is 9.97 Å². The molecule has 0 aliphatic rings. The number of nitrogens with zero attached hydrogens (tertiary/aromatic N) is 2. The van der Waals surface area contributed by atoms with E-state index in [0.717, 1.165) is 0 Å². The summed E-state index contributed by atoms with van der Waals surface area (Å²) in [6.07, 6.45) is 3.77. The van der Waals surface area contributed by atoms with Crippen LogP contribution in [0, 0.1) is 13.8 Å². The van der Waals surface area contributed by atoms with Gasteiger partial charge >= 0.3 is 15.6 Å². The summed E-state index contributed by atoms with van der Waals surface area (Å²) in [5.41, 5.74) is 1.68. The minimum absolute atomic E-state index is 0.116. The highest BCUT2D eigenvalue weighted by Gasteiger charge is 2.27. The molecular formula is C16H22N2O13P2. The molecule has 0 aliphatic heterocycles. The lowest BCUT2D eigenvalue weighted by atomic mass is 10.1. The van der Waals surface area contributed by atoms with Crippen molar-refractivity contribution in [2.75, 3.05) is 0 Å². The van der Waals surface area contributed by atoms with E-state index in [1.54, 1.807) is 13.8 Å². The van der Waals surface area contributed by atoms with Crippen molar-refractivity contribution in [3.05, 3.63) is 46.0 Å². The van der Waals surface area contributed by atoms with Crippen LogP contribution in [0.15, 0.2) is 12.4 Å². The Balaban J connectivity index is 0.000000472. The van der Waals surface area contributed by atoms with E-state index in [1.165, 1.54) is 12.4 Å². The van der Waals surface area contributed by atoms with Crippen LogP contribution in [0.1, 0.15) is 43.2 Å². The second-order valence-electron chi connectivity index (χ2n) is 5.88. The Labute approximate surface area is 186 Å². The van der Waals surface area contributed by atoms with Gasteiger partial charge in [0.15, 0.2) is 12.6 Å². The van der Waals surface area contributed by atoms with Crippen LogP contribution in [0.25, 0.3) is 0 Å². The molecule has 33 heavy (non-hydrogen) atoms. The van der Waals surface area contributed by atoms with Gasteiger partial charge in [-0.15, -0.1) is 0 Å². The minimum Gasteiger partial charge on any atom is -0.505 e. The molecule has 8 N–H and O–H groups in total. The van der Waals surface area contributed by atoms with Crippen molar-refractivity contribution in [2.24, 2.45) is 0 Å². The van der Waals surface area contributed by atoms with Crippen molar-refractivity contribution in [1.29, 1.82) is 0 Å². The van der Waals surface area contributed by atoms with Crippen LogP contribution in [-0.4, -0.2) is 62.5 Å². The Morgan fingerprint density at radius 1 is 0.788 bits per heavy atom. The Morgan fingerprint density at radius 3 is 1.27 bits per heavy atom. The van der Waals surface area contributed by atoms with Crippen LogP contribution < -0.4 is 0 Å². The van der Waals surface area contributed by atoms with Gasteiger partial charge in [0.05, 0.1) is 35.7 Å². The number of pyridine rings is 2. The van der Waals surface area contributed by atoms with Crippen molar-refractivity contribution in [2.45, 2.75) is 27.1 Å². The van der Waals surface area contributed by atoms with Gasteiger partial charge in [-0.05, 0) is 13.8 Å². The molecule has 0 amide bonds. The second kappa shape index (κ2) is 13.2. The molecule has 0 aliphatic carbocycles. The summed E-state index contributed by atoms with van der Waals surface area (Å²) in [5, 5.41) is 36.1. The molecule has 2 heterocycles. The summed E-state index contributed by atoms with van der Waals surface area (Å²) in [5.74, 6) is -0.312. The van der Waals surface area contributed by atoms with E-state index in [-0.39, 0.29) is 35.8 Å². The monoisotopic (exact) mass is 512 g/mol. The molecule has 0 fully saturated rings. The highest BCUT2D eigenvalue weighted by Crippen LogP contribution is 2.53. The van der Waals surface area contributed by atoms with Crippen molar-refractivity contribution in [3.63, 3.8) is 0 Å². The zero-order chi connectivity index (χ0) is 26.0. The molecule has 0 radical (unpaired) electrons. The van der Waals surface area contributed by atoms with E-state index in [1.807, 2.05) is 0 Å². The molecule has 2 aromatic heterocycles. The summed E-state index contributed by atoms with van der Waals surface area (Å²) in [6.45, 7) is 2.58. The van der Waals surface area contributed by atoms with Crippen LogP contribution in [-0.2, 0) is 26.7 Å². The number of aromatic hydroxyl groups is 2. The Hall–Kier alpha value is -2.58. The molecule has 184 valence electrons. The number of rotatable bonds is 6. The quantitative estimate of drug-likeness (QED) is 0.187. The predicted octanol–water partition coefficient (Wildman–Crippen LogP) is -0.0108. The zero-order valence-corrected chi connectivity index (χ0v) is 18.9. The van der Waals surface area contributed by atoms with Crippen molar-refractivity contribution < 1.29 is 63.0 Å². The smallest absolute Gasteiger partial charge is 0.478 e. The first-order valence-corrected chi connectivity index (χ1v) is 11.5. The van der Waals surface area contributed by atoms with E-state index in [0.29, 0.717) is 35.1 Å². The van der Waals surface area contributed by atoms with Gasteiger partial charge in [-0.2, -0.15) is 4.31 Å². The lowest BCUT2D eigenvalue weighted by Crippen LogP contribution is -1.96. The van der Waals surface area contributed by atoms with Crippen LogP contribution in [0.3, 0.4) is 0 Å². The van der Waals surface area contributed by atoms with Gasteiger partial charge in [0.2, 0.25) is 0 Å². The number of aromatic nitrogens is 2. The number of aryl methyl sites for hydroxylation is 2. The molecule has 17 heteroatoms. The van der Waals surface area contributed by atoms with Gasteiger partial charge in [0, 0.05) is 23.5 Å². The molecule has 2 aromatic rings. The standard InChI is InChI=1S/2C8H9NO3.H4O7P2/c2*1-5-8(12)7(4-11)6(3-10)2-9-5;1-8(2,3)7-9(4,5)6/h2*2,4,10,12H,3H2,1H3;(H2,1,2,3)(H2,4,5,6). The van der Waals surface area contributed by atoms with Crippen LogP contribution >= 0.6 is 15.6 Å². The molecule has 2 rings (SSSR count). The first kappa shape index (κ1) is 30.4. The predicted molar refractivity (Wildman–Crippen MR) is 109 cm³/mol. The fourth-order valence-electron chi connectivity index (χ4n) is 1.96.